The highest BCUT2D eigenvalue weighted by Gasteiger charge is 2.19. The summed E-state index contributed by atoms with van der Waals surface area (Å²) in [4.78, 5) is 40.5. The highest BCUT2D eigenvalue weighted by Crippen LogP contribution is 2.29. The topological polar surface area (TPSA) is 87.3 Å². The summed E-state index contributed by atoms with van der Waals surface area (Å²) in [6.45, 7) is 1.97. The van der Waals surface area contributed by atoms with Gasteiger partial charge in [-0.15, -0.1) is 11.8 Å². The number of hydrogen-bond donors (Lipinski definition) is 3. The van der Waals surface area contributed by atoms with E-state index in [1.54, 1.807) is 36.4 Å². The van der Waals surface area contributed by atoms with Crippen LogP contribution in [0.15, 0.2) is 138 Å². The summed E-state index contributed by atoms with van der Waals surface area (Å²) in [6.07, 6.45) is 2.32. The fourth-order valence-electron chi connectivity index (χ4n) is 4.55. The van der Waals surface area contributed by atoms with Gasteiger partial charge in [0.15, 0.2) is 0 Å². The van der Waals surface area contributed by atoms with Gasteiger partial charge in [0, 0.05) is 21.8 Å². The van der Waals surface area contributed by atoms with Gasteiger partial charge in [0.2, 0.25) is 5.91 Å². The molecule has 0 saturated heterocycles. The number of benzene rings is 5. The second-order valence-corrected chi connectivity index (χ2v) is 11.1. The van der Waals surface area contributed by atoms with Crippen molar-refractivity contribution in [3.05, 3.63) is 144 Å². The van der Waals surface area contributed by atoms with Crippen molar-refractivity contribution >= 4 is 57.7 Å². The first-order chi connectivity index (χ1) is 21.0. The van der Waals surface area contributed by atoms with Crippen LogP contribution in [0, 0.1) is 0 Å². The predicted molar refractivity (Wildman–Crippen MR) is 176 cm³/mol. The van der Waals surface area contributed by atoms with Gasteiger partial charge in [0.05, 0.1) is 5.25 Å². The lowest BCUT2D eigenvalue weighted by atomic mass is 10.0. The van der Waals surface area contributed by atoms with E-state index in [2.05, 4.69) is 16.0 Å². The molecule has 5 rings (SSSR count). The SMILES string of the molecule is CCC(Sc1cccc(NC(=O)/C(=C\c2cccc3ccccc23)NC(=O)c2ccccc2)c1)C(=O)Nc1ccccc1. The number of rotatable bonds is 10. The average molecular weight is 586 g/mol. The maximum absolute atomic E-state index is 13.7. The standard InChI is InChI=1S/C36H31N3O3S/c1-2-33(36(42)37-28-18-7-4-8-19-28)43-30-21-12-20-29(24-30)38-35(41)32(39-34(40)26-14-5-3-6-15-26)23-27-17-11-16-25-13-9-10-22-31(25)27/h3-24,33H,2H2,1H3,(H,37,42)(H,38,41)(H,39,40)/b32-23+. The third kappa shape index (κ3) is 7.78. The molecule has 0 aromatic heterocycles. The van der Waals surface area contributed by atoms with Crippen molar-refractivity contribution in [2.75, 3.05) is 10.6 Å². The first-order valence-electron chi connectivity index (χ1n) is 14.0. The molecule has 0 aliphatic heterocycles. The summed E-state index contributed by atoms with van der Waals surface area (Å²) in [5, 5.41) is 10.4. The molecule has 7 heteroatoms. The Morgan fingerprint density at radius 2 is 1.37 bits per heavy atom. The number of hydrogen-bond acceptors (Lipinski definition) is 4. The van der Waals surface area contributed by atoms with Crippen LogP contribution in [0.5, 0.6) is 0 Å². The van der Waals surface area contributed by atoms with Crippen LogP contribution >= 0.6 is 11.8 Å². The van der Waals surface area contributed by atoms with Crippen LogP contribution in [-0.2, 0) is 9.59 Å². The normalized spacial score (nSPS) is 11.9. The molecule has 3 N–H and O–H groups in total. The summed E-state index contributed by atoms with van der Waals surface area (Å²) >= 11 is 1.43. The van der Waals surface area contributed by atoms with Gasteiger partial charge in [-0.1, -0.05) is 91.9 Å². The van der Waals surface area contributed by atoms with Crippen LogP contribution in [0.2, 0.25) is 0 Å². The molecule has 0 bridgehead atoms. The number of anilines is 2. The number of nitrogens with one attached hydrogen (secondary N) is 3. The van der Waals surface area contributed by atoms with Crippen LogP contribution in [0.3, 0.4) is 0 Å². The predicted octanol–water partition coefficient (Wildman–Crippen LogP) is 7.76. The molecule has 0 fully saturated rings. The lowest BCUT2D eigenvalue weighted by Gasteiger charge is -2.16. The van der Waals surface area contributed by atoms with Gasteiger partial charge in [0.1, 0.15) is 5.70 Å². The molecule has 214 valence electrons. The minimum Gasteiger partial charge on any atom is -0.325 e. The summed E-state index contributed by atoms with van der Waals surface area (Å²) in [5.41, 5.74) is 2.65. The molecule has 6 nitrogen and oxygen atoms in total. The van der Waals surface area contributed by atoms with Crippen LogP contribution < -0.4 is 16.0 Å². The molecule has 1 atom stereocenters. The van der Waals surface area contributed by atoms with Crippen molar-refractivity contribution in [1.82, 2.24) is 5.32 Å². The maximum atomic E-state index is 13.7. The van der Waals surface area contributed by atoms with Crippen LogP contribution in [-0.4, -0.2) is 23.0 Å². The van der Waals surface area contributed by atoms with E-state index in [4.69, 9.17) is 0 Å². The first kappa shape index (κ1) is 29.4. The van der Waals surface area contributed by atoms with Gasteiger partial charge >= 0.3 is 0 Å². The lowest BCUT2D eigenvalue weighted by molar-refractivity contribution is -0.116. The van der Waals surface area contributed by atoms with Crippen LogP contribution in [0.1, 0.15) is 29.3 Å². The number of thioether (sulfide) groups is 1. The third-order valence-electron chi connectivity index (χ3n) is 6.73. The number of amides is 3. The van der Waals surface area contributed by atoms with Crippen molar-refractivity contribution in [3.8, 4) is 0 Å². The zero-order chi connectivity index (χ0) is 30.0. The van der Waals surface area contributed by atoms with Gasteiger partial charge < -0.3 is 16.0 Å². The Morgan fingerprint density at radius 1 is 0.721 bits per heavy atom. The molecule has 0 radical (unpaired) electrons. The third-order valence-corrected chi connectivity index (χ3v) is 8.08. The Labute approximate surface area is 255 Å². The molecule has 5 aromatic carbocycles. The van der Waals surface area contributed by atoms with E-state index in [0.717, 1.165) is 26.9 Å². The highest BCUT2D eigenvalue weighted by atomic mass is 32.2. The molecule has 0 saturated carbocycles. The average Bonchev–Trinajstić information content (AvgIpc) is 3.04. The van der Waals surface area contributed by atoms with E-state index < -0.39 is 5.91 Å². The molecule has 43 heavy (non-hydrogen) atoms. The Kier molecular flexibility index (Phi) is 9.67. The van der Waals surface area contributed by atoms with Crippen LogP contribution in [0.25, 0.3) is 16.8 Å². The second-order valence-electron chi connectivity index (χ2n) is 9.80. The second kappa shape index (κ2) is 14.2. The van der Waals surface area contributed by atoms with Crippen molar-refractivity contribution in [2.45, 2.75) is 23.5 Å². The molecule has 0 spiro atoms. The van der Waals surface area contributed by atoms with Gasteiger partial charge in [0.25, 0.3) is 11.8 Å². The lowest BCUT2D eigenvalue weighted by Crippen LogP contribution is -2.30. The van der Waals surface area contributed by atoms with E-state index in [1.807, 2.05) is 104 Å². The zero-order valence-electron chi connectivity index (χ0n) is 23.6. The van der Waals surface area contributed by atoms with Gasteiger partial charge in [-0.2, -0.15) is 0 Å². The Hall–Kier alpha value is -5.14. The molecule has 0 heterocycles. The summed E-state index contributed by atoms with van der Waals surface area (Å²) in [6, 6.07) is 39.2. The molecule has 0 aliphatic rings. The highest BCUT2D eigenvalue weighted by molar-refractivity contribution is 8.00. The number of carbonyl (C=O) groups excluding carboxylic acids is 3. The largest absolute Gasteiger partial charge is 0.325 e. The smallest absolute Gasteiger partial charge is 0.272 e. The molecule has 3 amide bonds. The minimum absolute atomic E-state index is 0.0860. The monoisotopic (exact) mass is 585 g/mol. The van der Waals surface area contributed by atoms with Gasteiger partial charge in [-0.25, -0.2) is 0 Å². The maximum Gasteiger partial charge on any atom is 0.272 e. The van der Waals surface area contributed by atoms with Crippen molar-refractivity contribution < 1.29 is 14.4 Å². The van der Waals surface area contributed by atoms with Crippen molar-refractivity contribution in [3.63, 3.8) is 0 Å². The Morgan fingerprint density at radius 3 is 2.14 bits per heavy atom. The van der Waals surface area contributed by atoms with E-state index in [9.17, 15) is 14.4 Å². The minimum atomic E-state index is -0.465. The number of carbonyl (C=O) groups is 3. The number of fused-ring (bicyclic) bond motifs is 1. The van der Waals surface area contributed by atoms with Crippen molar-refractivity contribution in [1.29, 1.82) is 0 Å². The summed E-state index contributed by atoms with van der Waals surface area (Å²) in [5.74, 6) is -0.938. The molecular weight excluding hydrogens is 554 g/mol. The fraction of sp³-hybridized carbons (Fsp3) is 0.0833. The van der Waals surface area contributed by atoms with Gasteiger partial charge in [-0.05, 0) is 71.3 Å². The Bertz CT molecular complexity index is 1770. The quantitative estimate of drug-likeness (QED) is 0.115. The van der Waals surface area contributed by atoms with E-state index in [0.29, 0.717) is 17.7 Å². The van der Waals surface area contributed by atoms with Crippen molar-refractivity contribution in [2.24, 2.45) is 0 Å². The van der Waals surface area contributed by atoms with E-state index in [1.165, 1.54) is 11.8 Å². The number of para-hydroxylation sites is 1. The van der Waals surface area contributed by atoms with Gasteiger partial charge in [-0.3, -0.25) is 14.4 Å². The summed E-state index contributed by atoms with van der Waals surface area (Å²) in [7, 11) is 0. The molecule has 5 aromatic rings. The van der Waals surface area contributed by atoms with E-state index >= 15 is 0 Å². The molecular formula is C36H31N3O3S. The van der Waals surface area contributed by atoms with Crippen LogP contribution in [0.4, 0.5) is 11.4 Å². The first-order valence-corrected chi connectivity index (χ1v) is 14.9. The zero-order valence-corrected chi connectivity index (χ0v) is 24.4. The summed E-state index contributed by atoms with van der Waals surface area (Å²) < 4.78 is 0. The molecule has 0 aliphatic carbocycles. The molecule has 1 unspecified atom stereocenters. The fourth-order valence-corrected chi connectivity index (χ4v) is 5.56. The Balaban J connectivity index is 1.37. The van der Waals surface area contributed by atoms with E-state index in [-0.39, 0.29) is 22.8 Å².